The minimum absolute atomic E-state index is 0.0352. The highest BCUT2D eigenvalue weighted by molar-refractivity contribution is 7.10. The number of hydrogen-bond acceptors (Lipinski definition) is 15. The maximum atomic E-state index is 15.4. The van der Waals surface area contributed by atoms with Crippen LogP contribution in [0.4, 0.5) is 0 Å². The minimum Gasteiger partial charge on any atom is -0.464 e. The normalized spacial score (nSPS) is 32.8. The van der Waals surface area contributed by atoms with Crippen molar-refractivity contribution in [2.24, 2.45) is 27.7 Å². The Hall–Kier alpha value is -4.60. The first-order valence-corrected chi connectivity index (χ1v) is 32.9. The van der Waals surface area contributed by atoms with E-state index >= 15 is 9.59 Å². The second-order valence-corrected chi connectivity index (χ2v) is 28.6. The second kappa shape index (κ2) is 22.6. The summed E-state index contributed by atoms with van der Waals surface area (Å²) in [6, 6.07) is 6.26. The number of esters is 1. The highest BCUT2D eigenvalue weighted by Gasteiger charge is 2.64. The molecule has 8 aliphatic heterocycles. The van der Waals surface area contributed by atoms with Crippen molar-refractivity contribution < 1.29 is 33.4 Å². The van der Waals surface area contributed by atoms with E-state index in [1.54, 1.807) is 12.1 Å². The molecule has 0 radical (unpaired) electrons. The van der Waals surface area contributed by atoms with Crippen LogP contribution in [-0.4, -0.2) is 209 Å². The number of thiazole rings is 1. The van der Waals surface area contributed by atoms with Crippen LogP contribution < -0.4 is 10.7 Å². The molecule has 83 heavy (non-hydrogen) atoms. The average Bonchev–Trinajstić information content (AvgIpc) is 2.27. The number of ether oxygens (including phenoxy) is 3. The van der Waals surface area contributed by atoms with E-state index in [1.807, 2.05) is 0 Å². The number of nitrogens with one attached hydrogen (secondary N) is 2. The molecule has 14 rings (SSSR count). The van der Waals surface area contributed by atoms with Crippen molar-refractivity contribution in [1.82, 2.24) is 49.8 Å². The van der Waals surface area contributed by atoms with Gasteiger partial charge >= 0.3 is 5.97 Å². The lowest BCUT2D eigenvalue weighted by molar-refractivity contribution is -0.155. The molecule has 1 spiro atoms. The number of rotatable bonds is 12. The summed E-state index contributed by atoms with van der Waals surface area (Å²) in [6.45, 7) is 18.5. The molecule has 1 aromatic carbocycles. The number of morpholine rings is 1. The van der Waals surface area contributed by atoms with Gasteiger partial charge in [-0.15, -0.1) is 11.3 Å². The van der Waals surface area contributed by atoms with E-state index in [4.69, 9.17) is 24.2 Å². The smallest absolute Gasteiger partial charge is 0.324 e. The number of carbonyl (C=O) groups excluding carboxylic acids is 4. The van der Waals surface area contributed by atoms with Crippen LogP contribution in [0, 0.1) is 22.7 Å². The van der Waals surface area contributed by atoms with Crippen LogP contribution in [0.1, 0.15) is 127 Å². The van der Waals surface area contributed by atoms with Crippen LogP contribution in [0.2, 0.25) is 0 Å². The molecule has 10 heterocycles. The van der Waals surface area contributed by atoms with Gasteiger partial charge in [0, 0.05) is 141 Å². The van der Waals surface area contributed by atoms with E-state index in [0.29, 0.717) is 55.8 Å². The molecule has 10 atom stereocenters. The first kappa shape index (κ1) is 56.2. The Morgan fingerprint density at radius 2 is 1.76 bits per heavy atom. The monoisotopic (exact) mass is 1160 g/mol. The zero-order chi connectivity index (χ0) is 56.9. The number of piperazine rings is 1. The van der Waals surface area contributed by atoms with E-state index in [1.165, 1.54) is 48.2 Å². The van der Waals surface area contributed by atoms with Gasteiger partial charge in [-0.1, -0.05) is 32.8 Å². The fourth-order valence-electron chi connectivity index (χ4n) is 16.5. The number of benzene rings is 1. The summed E-state index contributed by atoms with van der Waals surface area (Å²) in [6.07, 6.45) is 15.7. The molecule has 3 amide bonds. The predicted molar refractivity (Wildman–Crippen MR) is 319 cm³/mol. The fourth-order valence-corrected chi connectivity index (χ4v) is 17.4. The number of cyclic esters (lactones) is 1. The lowest BCUT2D eigenvalue weighted by Gasteiger charge is -2.46. The van der Waals surface area contributed by atoms with E-state index in [2.05, 4.69) is 97.3 Å². The first-order chi connectivity index (χ1) is 40.3. The van der Waals surface area contributed by atoms with Gasteiger partial charge in [0.25, 0.3) is 5.91 Å². The number of aliphatic imine (C=N–C) groups is 1. The highest BCUT2D eigenvalue weighted by atomic mass is 32.1. The summed E-state index contributed by atoms with van der Waals surface area (Å²) in [4.78, 5) is 82.0. The number of aryl methyl sites for hydroxylation is 1. The maximum Gasteiger partial charge on any atom is 0.324 e. The second-order valence-electron chi connectivity index (χ2n) is 27.7. The van der Waals surface area contributed by atoms with Crippen molar-refractivity contribution in [2.45, 2.75) is 185 Å². The van der Waals surface area contributed by atoms with E-state index in [-0.39, 0.29) is 66.4 Å². The Labute approximate surface area is 494 Å². The van der Waals surface area contributed by atoms with Crippen molar-refractivity contribution in [1.29, 1.82) is 0 Å². The van der Waals surface area contributed by atoms with Gasteiger partial charge in [-0.2, -0.15) is 0 Å². The van der Waals surface area contributed by atoms with Gasteiger partial charge in [0.15, 0.2) is 0 Å². The molecule has 9 fully saturated rings. The molecule has 2 N–H and O–H groups in total. The zero-order valence-electron chi connectivity index (χ0n) is 49.8. The van der Waals surface area contributed by atoms with Crippen LogP contribution in [-0.2, 0) is 52.8 Å². The Bertz CT molecular complexity index is 3030. The molecule has 448 valence electrons. The van der Waals surface area contributed by atoms with E-state index < -0.39 is 17.5 Å². The molecule has 19 heteroatoms. The Balaban J connectivity index is 0.764. The standard InChI is InChI=1S/C64H89N11O7S/c1-6-73-52-18-15-42-28-46(52)48(57(73)47-29-44(32-65-54(47)39(2)80-5)70-25-24-69-26-27-81-34-45(69)33-70)31-63(3,4)38-82-62(79)49-12-9-21-74(68-49)60(77)50(30-53-66-51(42)35-83-53)67-59(76)56(40-10-7-8-11-40)71-22-19-64(36-71)20-23-72(37-64)61(78)58-55(41-13-14-41)75(58)43-16-17-43/h15,18,28,32,35,39-41,43-45,49-50,55-56,58,68H,6-14,16-17,19-27,29-31,33-34,36-38H2,1-5H3,(H,67,76)/t39-,44+,45-,49-,50-,55+,56-,58+,64-,75?/m0/s1. The third kappa shape index (κ3) is 11.0. The summed E-state index contributed by atoms with van der Waals surface area (Å²) in [5, 5.41) is 8.92. The van der Waals surface area contributed by atoms with Gasteiger partial charge in [0.2, 0.25) is 11.8 Å². The molecule has 11 aliphatic rings. The summed E-state index contributed by atoms with van der Waals surface area (Å²) < 4.78 is 20.9. The number of carbonyl (C=O) groups is 4. The summed E-state index contributed by atoms with van der Waals surface area (Å²) in [5.41, 5.74) is 10.2. The third-order valence-corrected chi connectivity index (χ3v) is 22.2. The number of methoxy groups -OCH3 is 1. The molecule has 1 unspecified atom stereocenters. The molecular weight excluding hydrogens is 1070 g/mol. The molecule has 6 saturated heterocycles. The predicted octanol–water partition coefficient (Wildman–Crippen LogP) is 6.15. The minimum atomic E-state index is -0.928. The molecular formula is C64H89N11O7S. The van der Waals surface area contributed by atoms with Crippen LogP contribution in [0.15, 0.2) is 34.3 Å². The number of aromatic nitrogens is 2. The van der Waals surface area contributed by atoms with Crippen LogP contribution in [0.3, 0.4) is 0 Å². The number of likely N-dealkylation sites (tertiary alicyclic amines) is 2. The van der Waals surface area contributed by atoms with Crippen LogP contribution in [0.25, 0.3) is 27.7 Å². The van der Waals surface area contributed by atoms with Crippen LogP contribution >= 0.6 is 11.3 Å². The van der Waals surface area contributed by atoms with Gasteiger partial charge in [-0.3, -0.25) is 48.8 Å². The number of nitrogens with zero attached hydrogens (tertiary/aromatic N) is 9. The van der Waals surface area contributed by atoms with Gasteiger partial charge in [0.05, 0.1) is 54.1 Å². The lowest BCUT2D eigenvalue weighted by Crippen LogP contribution is -2.62. The fraction of sp³-hybridized carbons (Fsp3) is 0.719. The SMILES string of the molecule is CCn1c(C2=C([C@H](C)OC)N=C[C@H](N3CCN4CCOC[C@@H]4C3)C2)c2c3cc(ccc31)-c1csc(n1)C[C@H](NC(=O)[C@H](C1CCCC1)N1CC[C@]3(CCN(C(=O)[C@H]4[C@@H](C5CC5)N4C4CC4)C3)C1)C(=O)N1CCC[C@H](N1)C(=O)OCC(C)(C)C2. The van der Waals surface area contributed by atoms with Crippen LogP contribution in [0.5, 0.6) is 0 Å². The Morgan fingerprint density at radius 3 is 2.55 bits per heavy atom. The van der Waals surface area contributed by atoms with Gasteiger partial charge in [-0.25, -0.2) is 10.4 Å². The van der Waals surface area contributed by atoms with Gasteiger partial charge in [-0.05, 0) is 127 Å². The molecule has 3 aliphatic carbocycles. The topological polar surface area (TPSA) is 169 Å². The summed E-state index contributed by atoms with van der Waals surface area (Å²) in [5.74, 6) is 0.448. The number of hydrazine groups is 1. The van der Waals surface area contributed by atoms with Crippen molar-refractivity contribution in [3.05, 3.63) is 45.5 Å². The summed E-state index contributed by atoms with van der Waals surface area (Å²) in [7, 11) is 1.76. The van der Waals surface area contributed by atoms with E-state index in [0.717, 1.165) is 156 Å². The molecule has 2 aromatic heterocycles. The molecule has 3 saturated carbocycles. The van der Waals surface area contributed by atoms with Crippen molar-refractivity contribution in [3.8, 4) is 11.3 Å². The molecule has 18 nitrogen and oxygen atoms in total. The zero-order valence-corrected chi connectivity index (χ0v) is 50.6. The number of fused-ring (bicyclic) bond motifs is 7. The Morgan fingerprint density at radius 1 is 0.940 bits per heavy atom. The van der Waals surface area contributed by atoms with Gasteiger partial charge < -0.3 is 29.0 Å². The van der Waals surface area contributed by atoms with Gasteiger partial charge in [0.1, 0.15) is 18.1 Å². The highest BCUT2D eigenvalue weighted by Crippen LogP contribution is 2.54. The molecule has 3 aromatic rings. The number of hydrogen-bond donors (Lipinski definition) is 2. The van der Waals surface area contributed by atoms with E-state index in [9.17, 15) is 9.59 Å². The van der Waals surface area contributed by atoms with Crippen molar-refractivity contribution in [2.75, 3.05) is 85.8 Å². The largest absolute Gasteiger partial charge is 0.464 e. The first-order valence-electron chi connectivity index (χ1n) is 32.1. The van der Waals surface area contributed by atoms with Crippen molar-refractivity contribution in [3.63, 3.8) is 0 Å². The quantitative estimate of drug-likeness (QED) is 0.157. The summed E-state index contributed by atoms with van der Waals surface area (Å²) >= 11 is 1.52. The average molecular weight is 1160 g/mol. The molecule has 6 bridgehead atoms. The lowest BCUT2D eigenvalue weighted by atomic mass is 9.83. The van der Waals surface area contributed by atoms with Crippen molar-refractivity contribution >= 4 is 57.7 Å². The Kier molecular flexibility index (Phi) is 15.3. The number of amides is 3. The third-order valence-electron chi connectivity index (χ3n) is 21.3. The maximum absolute atomic E-state index is 15.4.